The van der Waals surface area contributed by atoms with Crippen LogP contribution < -0.4 is 0 Å². The first-order valence-corrected chi connectivity index (χ1v) is 18.4. The molecular weight excluding hydrogens is 591 g/mol. The van der Waals surface area contributed by atoms with Gasteiger partial charge in [-0.3, -0.25) is 9.05 Å². The summed E-state index contributed by atoms with van der Waals surface area (Å²) in [6, 6.07) is 5.20. The fourth-order valence-electron chi connectivity index (χ4n) is 5.35. The van der Waals surface area contributed by atoms with Crippen molar-refractivity contribution in [3.63, 3.8) is 0 Å². The molecule has 2 aromatic rings. The Morgan fingerprint density at radius 1 is 1.02 bits per heavy atom. The predicted octanol–water partition coefficient (Wildman–Crippen LogP) is 5.84. The van der Waals surface area contributed by atoms with Gasteiger partial charge in [0.25, 0.3) is 0 Å². The van der Waals surface area contributed by atoms with Crippen LogP contribution in [0.3, 0.4) is 0 Å². The van der Waals surface area contributed by atoms with Crippen LogP contribution in [0, 0.1) is 18.3 Å². The molecule has 0 radical (unpaired) electrons. The Bertz CT molecular complexity index is 1190. The maximum absolute atomic E-state index is 12.4. The van der Waals surface area contributed by atoms with Gasteiger partial charge in [-0.1, -0.05) is 77.6 Å². The van der Waals surface area contributed by atoms with Gasteiger partial charge in [0.05, 0.1) is 30.1 Å². The molecule has 0 aromatic carbocycles. The second-order valence-electron chi connectivity index (χ2n) is 11.3. The molecule has 3 N–H and O–H groups in total. The molecule has 0 aliphatic carbocycles. The fourth-order valence-corrected chi connectivity index (χ4v) is 7.05. The molecule has 3 rings (SSSR count). The highest BCUT2D eigenvalue weighted by Gasteiger charge is 2.57. The zero-order valence-corrected chi connectivity index (χ0v) is 27.3. The van der Waals surface area contributed by atoms with Crippen LogP contribution in [-0.2, 0) is 24.0 Å². The average Bonchev–Trinajstić information content (AvgIpc) is 3.54. The third kappa shape index (κ3) is 10.5. The molecule has 0 saturated carbocycles. The van der Waals surface area contributed by atoms with E-state index in [2.05, 4.69) is 17.0 Å². The van der Waals surface area contributed by atoms with Gasteiger partial charge in [-0.2, -0.15) is 22.1 Å². The quantitative estimate of drug-likeness (QED) is 0.105. The SMILES string of the molecule is CCCCCCCCCCCCCCSCCCOP(=O)(O)OC[C@H]1O[C@@](C#N)(c2ccc3c(C)ncnn23)[C@H](O)[C@@H]1O. The summed E-state index contributed by atoms with van der Waals surface area (Å²) in [5.74, 6) is 1.88. The van der Waals surface area contributed by atoms with Crippen molar-refractivity contribution < 1.29 is 33.5 Å². The third-order valence-electron chi connectivity index (χ3n) is 7.88. The summed E-state index contributed by atoms with van der Waals surface area (Å²) in [6.07, 6.45) is 13.4. The molecule has 242 valence electrons. The molecule has 1 aliphatic heterocycles. The van der Waals surface area contributed by atoms with Gasteiger partial charge in [0, 0.05) is 0 Å². The summed E-state index contributed by atoms with van der Waals surface area (Å²) < 4.78 is 29.8. The van der Waals surface area contributed by atoms with E-state index in [1.807, 2.05) is 17.8 Å². The zero-order chi connectivity index (χ0) is 31.1. The topological polar surface area (TPSA) is 159 Å². The largest absolute Gasteiger partial charge is 0.472 e. The van der Waals surface area contributed by atoms with Gasteiger partial charge in [0.15, 0.2) is 0 Å². The van der Waals surface area contributed by atoms with Crippen LogP contribution in [0.25, 0.3) is 5.52 Å². The van der Waals surface area contributed by atoms with E-state index in [9.17, 15) is 24.9 Å². The number of aliphatic hydroxyl groups excluding tert-OH is 2. The number of nitrogens with zero attached hydrogens (tertiary/aromatic N) is 4. The second kappa shape index (κ2) is 18.4. The lowest BCUT2D eigenvalue weighted by atomic mass is 9.92. The lowest BCUT2D eigenvalue weighted by Crippen LogP contribution is -2.41. The smallest absolute Gasteiger partial charge is 0.387 e. The lowest BCUT2D eigenvalue weighted by molar-refractivity contribution is -0.0643. The number of rotatable bonds is 22. The van der Waals surface area contributed by atoms with Crippen LogP contribution in [0.5, 0.6) is 0 Å². The summed E-state index contributed by atoms with van der Waals surface area (Å²) in [5.41, 5.74) is -0.499. The molecule has 5 atom stereocenters. The monoisotopic (exact) mass is 640 g/mol. The van der Waals surface area contributed by atoms with Crippen molar-refractivity contribution in [1.29, 1.82) is 5.26 Å². The van der Waals surface area contributed by atoms with Gasteiger partial charge in [-0.25, -0.2) is 14.1 Å². The highest BCUT2D eigenvalue weighted by Crippen LogP contribution is 2.46. The Balaban J connectivity index is 1.28. The number of aryl methyl sites for hydroxylation is 1. The highest BCUT2D eigenvalue weighted by atomic mass is 32.2. The molecular formula is C30H49N4O7PS. The van der Waals surface area contributed by atoms with Crippen molar-refractivity contribution >= 4 is 25.1 Å². The Labute approximate surface area is 259 Å². The molecule has 11 nitrogen and oxygen atoms in total. The number of fused-ring (bicyclic) bond motifs is 1. The number of hydrogen-bond donors (Lipinski definition) is 3. The average molecular weight is 641 g/mol. The Hall–Kier alpha value is -1.55. The van der Waals surface area contributed by atoms with Crippen LogP contribution in [0.15, 0.2) is 18.5 Å². The molecule has 2 aromatic heterocycles. The number of nitriles is 1. The van der Waals surface area contributed by atoms with Crippen LogP contribution in [0.2, 0.25) is 0 Å². The number of aliphatic hydroxyl groups is 2. The molecule has 43 heavy (non-hydrogen) atoms. The lowest BCUT2D eigenvalue weighted by Gasteiger charge is -2.24. The van der Waals surface area contributed by atoms with E-state index in [1.165, 1.54) is 87.9 Å². The number of aromatic nitrogens is 3. The van der Waals surface area contributed by atoms with Crippen molar-refractivity contribution in [1.82, 2.24) is 14.6 Å². The van der Waals surface area contributed by atoms with E-state index >= 15 is 0 Å². The first-order valence-electron chi connectivity index (χ1n) is 15.7. The van der Waals surface area contributed by atoms with Crippen molar-refractivity contribution in [2.45, 2.75) is 121 Å². The van der Waals surface area contributed by atoms with E-state index in [0.717, 1.165) is 11.5 Å². The normalized spacial score (nSPS) is 23.5. The fraction of sp³-hybridized carbons (Fsp3) is 0.767. The van der Waals surface area contributed by atoms with Gasteiger partial charge in [-0.15, -0.1) is 0 Å². The maximum Gasteiger partial charge on any atom is 0.472 e. The number of unbranched alkanes of at least 4 members (excludes halogenated alkanes) is 11. The summed E-state index contributed by atoms with van der Waals surface area (Å²) >= 11 is 1.81. The first-order chi connectivity index (χ1) is 20.8. The van der Waals surface area contributed by atoms with Crippen LogP contribution >= 0.6 is 19.6 Å². The number of phosphoric ester groups is 1. The van der Waals surface area contributed by atoms with Crippen molar-refractivity contribution in [3.8, 4) is 6.07 Å². The molecule has 1 fully saturated rings. The van der Waals surface area contributed by atoms with Gasteiger partial charge in [-0.05, 0) is 43.4 Å². The van der Waals surface area contributed by atoms with Gasteiger partial charge >= 0.3 is 7.82 Å². The van der Waals surface area contributed by atoms with E-state index in [-0.39, 0.29) is 12.3 Å². The van der Waals surface area contributed by atoms with Crippen molar-refractivity contribution in [2.24, 2.45) is 0 Å². The molecule has 0 spiro atoms. The summed E-state index contributed by atoms with van der Waals surface area (Å²) in [6.45, 7) is 3.52. The second-order valence-corrected chi connectivity index (χ2v) is 13.9. The summed E-state index contributed by atoms with van der Waals surface area (Å²) in [4.78, 5) is 14.2. The van der Waals surface area contributed by atoms with Crippen LogP contribution in [0.4, 0.5) is 0 Å². The number of thioether (sulfide) groups is 1. The van der Waals surface area contributed by atoms with Crippen LogP contribution in [-0.4, -0.2) is 72.7 Å². The standard InChI is InChI=1S/C30H49N4O7PS/c1-3-4-5-6-7-8-9-10-11-12-13-14-19-43-20-15-18-39-42(37,38)40-21-26-28(35)29(36)30(22-31,41-26)27-17-16-25-24(2)32-23-33-34(25)27/h16-17,23,26,28-29,35-36H,3-15,18-21H2,1-2H3,(H,37,38)/t26-,28-,29-,30+/m1/s1. The summed E-state index contributed by atoms with van der Waals surface area (Å²) in [7, 11) is -4.43. The number of hydrogen-bond acceptors (Lipinski definition) is 10. The Morgan fingerprint density at radius 3 is 2.30 bits per heavy atom. The Kier molecular flexibility index (Phi) is 15.4. The zero-order valence-electron chi connectivity index (χ0n) is 25.6. The number of phosphoric acid groups is 1. The predicted molar refractivity (Wildman–Crippen MR) is 167 cm³/mol. The minimum atomic E-state index is -4.43. The van der Waals surface area contributed by atoms with Gasteiger partial charge < -0.3 is 19.8 Å². The number of ether oxygens (including phenoxy) is 1. The van der Waals surface area contributed by atoms with Gasteiger partial charge in [0.1, 0.15) is 30.7 Å². The molecule has 1 saturated heterocycles. The molecule has 0 amide bonds. The van der Waals surface area contributed by atoms with Crippen molar-refractivity contribution in [3.05, 3.63) is 29.8 Å². The van der Waals surface area contributed by atoms with Crippen molar-refractivity contribution in [2.75, 3.05) is 24.7 Å². The first kappa shape index (κ1) is 35.9. The van der Waals surface area contributed by atoms with Gasteiger partial charge in [0.2, 0.25) is 5.60 Å². The third-order valence-corrected chi connectivity index (χ3v) is 10.0. The minimum Gasteiger partial charge on any atom is -0.387 e. The van der Waals surface area contributed by atoms with E-state index < -0.39 is 38.3 Å². The van der Waals surface area contributed by atoms with E-state index in [4.69, 9.17) is 13.8 Å². The molecule has 0 bridgehead atoms. The Morgan fingerprint density at radius 2 is 1.65 bits per heavy atom. The molecule has 3 heterocycles. The van der Waals surface area contributed by atoms with E-state index in [1.54, 1.807) is 19.1 Å². The summed E-state index contributed by atoms with van der Waals surface area (Å²) in [5, 5.41) is 35.6. The van der Waals surface area contributed by atoms with E-state index in [0.29, 0.717) is 17.6 Å². The molecule has 1 unspecified atom stereocenters. The van der Waals surface area contributed by atoms with Crippen LogP contribution in [0.1, 0.15) is 102 Å². The highest BCUT2D eigenvalue weighted by molar-refractivity contribution is 7.99. The molecule has 1 aliphatic rings. The minimum absolute atomic E-state index is 0.0489. The molecule has 13 heteroatoms. The maximum atomic E-state index is 12.4.